The highest BCUT2D eigenvalue weighted by atomic mass is 79.9. The summed E-state index contributed by atoms with van der Waals surface area (Å²) in [6.45, 7) is 0. The van der Waals surface area contributed by atoms with Crippen molar-refractivity contribution in [2.75, 3.05) is 5.73 Å². The minimum absolute atomic E-state index is 0.314. The van der Waals surface area contributed by atoms with Crippen molar-refractivity contribution in [3.63, 3.8) is 0 Å². The summed E-state index contributed by atoms with van der Waals surface area (Å²) in [5.41, 5.74) is 6.91. The zero-order chi connectivity index (χ0) is 12.3. The summed E-state index contributed by atoms with van der Waals surface area (Å²) >= 11 is 3.30. The van der Waals surface area contributed by atoms with E-state index in [1.165, 1.54) is 0 Å². The van der Waals surface area contributed by atoms with E-state index < -0.39 is 10.8 Å². The maximum absolute atomic E-state index is 12.0. The summed E-state index contributed by atoms with van der Waals surface area (Å²) in [6, 6.07) is 7.09. The summed E-state index contributed by atoms with van der Waals surface area (Å²) in [4.78, 5) is 8.19. The number of halogens is 1. The molecule has 4 nitrogen and oxygen atoms in total. The summed E-state index contributed by atoms with van der Waals surface area (Å²) in [7, 11) is -1.27. The number of pyridine rings is 2. The summed E-state index contributed by atoms with van der Waals surface area (Å²) < 4.78 is 12.9. The SMILES string of the molecule is Nc1cccnc1S(=O)Cc1ccc(Br)cn1. The molecular formula is C11H10BrN3OS. The van der Waals surface area contributed by atoms with E-state index in [0.29, 0.717) is 16.5 Å². The van der Waals surface area contributed by atoms with Crippen molar-refractivity contribution in [1.29, 1.82) is 0 Å². The van der Waals surface area contributed by atoms with Crippen molar-refractivity contribution in [2.24, 2.45) is 0 Å². The molecular weight excluding hydrogens is 302 g/mol. The minimum Gasteiger partial charge on any atom is -0.396 e. The highest BCUT2D eigenvalue weighted by Gasteiger charge is 2.10. The smallest absolute Gasteiger partial charge is 0.150 e. The van der Waals surface area contributed by atoms with Crippen molar-refractivity contribution in [2.45, 2.75) is 10.8 Å². The number of hydrogen-bond donors (Lipinski definition) is 1. The quantitative estimate of drug-likeness (QED) is 0.942. The number of rotatable bonds is 3. The maximum Gasteiger partial charge on any atom is 0.150 e. The summed E-state index contributed by atoms with van der Waals surface area (Å²) in [5.74, 6) is 0.314. The van der Waals surface area contributed by atoms with Gasteiger partial charge < -0.3 is 5.73 Å². The molecule has 2 rings (SSSR count). The summed E-state index contributed by atoms with van der Waals surface area (Å²) in [5, 5.41) is 0.414. The molecule has 1 unspecified atom stereocenters. The molecule has 0 amide bonds. The first-order valence-corrected chi connectivity index (χ1v) is 6.97. The molecule has 6 heteroatoms. The van der Waals surface area contributed by atoms with Crippen LogP contribution in [0.2, 0.25) is 0 Å². The average Bonchev–Trinajstić information content (AvgIpc) is 2.32. The van der Waals surface area contributed by atoms with E-state index in [9.17, 15) is 4.21 Å². The molecule has 0 saturated carbocycles. The Kier molecular flexibility index (Phi) is 3.86. The largest absolute Gasteiger partial charge is 0.396 e. The van der Waals surface area contributed by atoms with Crippen LogP contribution in [0, 0.1) is 0 Å². The predicted molar refractivity (Wildman–Crippen MR) is 70.7 cm³/mol. The zero-order valence-corrected chi connectivity index (χ0v) is 11.2. The molecule has 0 fully saturated rings. The third kappa shape index (κ3) is 3.10. The third-order valence-corrected chi connectivity index (χ3v) is 3.88. The lowest BCUT2D eigenvalue weighted by molar-refractivity contribution is 0.679. The molecule has 2 heterocycles. The second kappa shape index (κ2) is 5.37. The standard InChI is InChI=1S/C11H10BrN3OS/c12-8-3-4-9(15-6-8)7-17(16)11-10(13)2-1-5-14-11/h1-6H,7,13H2. The van der Waals surface area contributed by atoms with Crippen LogP contribution in [-0.4, -0.2) is 14.2 Å². The van der Waals surface area contributed by atoms with Crippen molar-refractivity contribution in [3.8, 4) is 0 Å². The molecule has 0 aliphatic rings. The van der Waals surface area contributed by atoms with Gasteiger partial charge in [-0.25, -0.2) is 4.98 Å². The Balaban J connectivity index is 2.17. The van der Waals surface area contributed by atoms with Gasteiger partial charge in [-0.05, 0) is 40.2 Å². The predicted octanol–water partition coefficient (Wildman–Crippen LogP) is 2.13. The van der Waals surface area contributed by atoms with E-state index >= 15 is 0 Å². The molecule has 2 aromatic rings. The van der Waals surface area contributed by atoms with Gasteiger partial charge in [0.05, 0.1) is 27.9 Å². The minimum atomic E-state index is -1.27. The lowest BCUT2D eigenvalue weighted by Gasteiger charge is -2.03. The van der Waals surface area contributed by atoms with Crippen molar-refractivity contribution < 1.29 is 4.21 Å². The summed E-state index contributed by atoms with van der Waals surface area (Å²) in [6.07, 6.45) is 3.26. The highest BCUT2D eigenvalue weighted by Crippen LogP contribution is 2.16. The van der Waals surface area contributed by atoms with Crippen LogP contribution in [0.15, 0.2) is 46.2 Å². The van der Waals surface area contributed by atoms with E-state index in [1.54, 1.807) is 24.5 Å². The molecule has 0 bridgehead atoms. The fourth-order valence-corrected chi connectivity index (χ4v) is 2.61. The Labute approximate surface area is 110 Å². The van der Waals surface area contributed by atoms with Gasteiger partial charge in [-0.2, -0.15) is 0 Å². The van der Waals surface area contributed by atoms with Gasteiger partial charge in [-0.15, -0.1) is 0 Å². The average molecular weight is 312 g/mol. The second-order valence-corrected chi connectivity index (χ2v) is 5.64. The number of nitrogen functional groups attached to an aromatic ring is 1. The first kappa shape index (κ1) is 12.2. The lowest BCUT2D eigenvalue weighted by Crippen LogP contribution is -2.04. The number of nitrogens with two attached hydrogens (primary N) is 1. The molecule has 0 aliphatic carbocycles. The first-order valence-electron chi connectivity index (χ1n) is 4.86. The normalized spacial score (nSPS) is 12.3. The van der Waals surface area contributed by atoms with Crippen LogP contribution in [0.1, 0.15) is 5.69 Å². The van der Waals surface area contributed by atoms with Gasteiger partial charge in [0.15, 0.2) is 0 Å². The van der Waals surface area contributed by atoms with Crippen LogP contribution in [-0.2, 0) is 16.6 Å². The zero-order valence-electron chi connectivity index (χ0n) is 8.84. The van der Waals surface area contributed by atoms with Crippen molar-refractivity contribution >= 4 is 32.4 Å². The van der Waals surface area contributed by atoms with E-state index in [0.717, 1.165) is 10.2 Å². The van der Waals surface area contributed by atoms with E-state index in [1.807, 2.05) is 12.1 Å². The fraction of sp³-hybridized carbons (Fsp3) is 0.0909. The Morgan fingerprint density at radius 1 is 1.29 bits per heavy atom. The van der Waals surface area contributed by atoms with Crippen LogP contribution in [0.5, 0.6) is 0 Å². The lowest BCUT2D eigenvalue weighted by atomic mass is 10.4. The number of anilines is 1. The molecule has 2 aromatic heterocycles. The molecule has 17 heavy (non-hydrogen) atoms. The van der Waals surface area contributed by atoms with Crippen LogP contribution < -0.4 is 5.73 Å². The van der Waals surface area contributed by atoms with Crippen molar-refractivity contribution in [1.82, 2.24) is 9.97 Å². The van der Waals surface area contributed by atoms with Gasteiger partial charge in [0.25, 0.3) is 0 Å². The molecule has 0 radical (unpaired) electrons. The van der Waals surface area contributed by atoms with Gasteiger partial charge in [0.1, 0.15) is 5.03 Å². The number of hydrogen-bond acceptors (Lipinski definition) is 4. The molecule has 0 saturated heterocycles. The Morgan fingerprint density at radius 3 is 2.76 bits per heavy atom. The Hall–Kier alpha value is -1.27. The Bertz CT molecular complexity index is 545. The van der Waals surface area contributed by atoms with Gasteiger partial charge in [-0.3, -0.25) is 9.19 Å². The van der Waals surface area contributed by atoms with Crippen LogP contribution in [0.25, 0.3) is 0 Å². The Morgan fingerprint density at radius 2 is 2.12 bits per heavy atom. The second-order valence-electron chi connectivity index (χ2n) is 3.36. The molecule has 88 valence electrons. The van der Waals surface area contributed by atoms with Crippen molar-refractivity contribution in [3.05, 3.63) is 46.8 Å². The first-order chi connectivity index (χ1) is 8.16. The van der Waals surface area contributed by atoms with E-state index in [-0.39, 0.29) is 0 Å². The molecule has 0 aliphatic heterocycles. The van der Waals surface area contributed by atoms with Crippen LogP contribution in [0.4, 0.5) is 5.69 Å². The van der Waals surface area contributed by atoms with Crippen LogP contribution in [0.3, 0.4) is 0 Å². The van der Waals surface area contributed by atoms with E-state index in [2.05, 4.69) is 25.9 Å². The topological polar surface area (TPSA) is 68.9 Å². The monoisotopic (exact) mass is 311 g/mol. The van der Waals surface area contributed by atoms with Gasteiger partial charge >= 0.3 is 0 Å². The molecule has 0 aromatic carbocycles. The fourth-order valence-electron chi connectivity index (χ4n) is 1.29. The van der Waals surface area contributed by atoms with Crippen LogP contribution >= 0.6 is 15.9 Å². The highest BCUT2D eigenvalue weighted by molar-refractivity contribution is 9.10. The van der Waals surface area contributed by atoms with E-state index in [4.69, 9.17) is 5.73 Å². The number of nitrogens with zero attached hydrogens (tertiary/aromatic N) is 2. The molecule has 0 spiro atoms. The maximum atomic E-state index is 12.0. The van der Waals surface area contributed by atoms with Gasteiger partial charge in [0.2, 0.25) is 0 Å². The molecule has 2 N–H and O–H groups in total. The van der Waals surface area contributed by atoms with Gasteiger partial charge in [-0.1, -0.05) is 0 Å². The third-order valence-electron chi connectivity index (χ3n) is 2.08. The molecule has 1 atom stereocenters. The number of aromatic nitrogens is 2. The van der Waals surface area contributed by atoms with Gasteiger partial charge in [0, 0.05) is 16.9 Å².